The van der Waals surface area contributed by atoms with Crippen molar-refractivity contribution in [1.82, 2.24) is 4.90 Å². The largest absolute Gasteiger partial charge is 0.497 e. The topological polar surface area (TPSA) is 70.4 Å². The number of methoxy groups -OCH3 is 3. The Morgan fingerprint density at radius 3 is 2.37 bits per heavy atom. The van der Waals surface area contributed by atoms with Crippen LogP contribution in [0.5, 0.6) is 23.0 Å². The minimum atomic E-state index is -0.437. The molecule has 1 aromatic heterocycles. The van der Waals surface area contributed by atoms with Gasteiger partial charge in [0.2, 0.25) is 0 Å². The summed E-state index contributed by atoms with van der Waals surface area (Å²) in [5, 5.41) is 0.823. The second-order valence-electron chi connectivity index (χ2n) is 8.40. The summed E-state index contributed by atoms with van der Waals surface area (Å²) in [5.74, 6) is 2.79. The van der Waals surface area contributed by atoms with Crippen molar-refractivity contribution in [2.45, 2.75) is 13.0 Å². The van der Waals surface area contributed by atoms with E-state index in [1.807, 2.05) is 30.3 Å². The van der Waals surface area contributed by atoms with Crippen LogP contribution in [0.1, 0.15) is 11.1 Å². The monoisotopic (exact) mass is 473 g/mol. The van der Waals surface area contributed by atoms with Gasteiger partial charge < -0.3 is 23.4 Å². The van der Waals surface area contributed by atoms with Crippen LogP contribution in [-0.2, 0) is 13.0 Å². The Kier molecular flexibility index (Phi) is 6.33. The van der Waals surface area contributed by atoms with Gasteiger partial charge >= 0.3 is 5.63 Å². The fourth-order valence-electron chi connectivity index (χ4n) is 4.37. The maximum atomic E-state index is 13.1. The molecule has 5 rings (SSSR count). The first kappa shape index (κ1) is 22.8. The molecule has 0 fully saturated rings. The zero-order valence-electron chi connectivity index (χ0n) is 20.0. The maximum Gasteiger partial charge on any atom is 0.344 e. The highest BCUT2D eigenvalue weighted by atomic mass is 16.5. The average Bonchev–Trinajstić information content (AvgIpc) is 2.91. The van der Waals surface area contributed by atoms with Crippen molar-refractivity contribution < 1.29 is 23.4 Å². The first-order valence-corrected chi connectivity index (χ1v) is 11.4. The summed E-state index contributed by atoms with van der Waals surface area (Å²) in [5.41, 5.74) is 3.25. The number of hydrogen-bond acceptors (Lipinski definition) is 7. The third-order valence-corrected chi connectivity index (χ3v) is 6.32. The number of benzene rings is 3. The molecule has 0 bridgehead atoms. The molecule has 1 aliphatic rings. The lowest BCUT2D eigenvalue weighted by Gasteiger charge is -2.29. The van der Waals surface area contributed by atoms with Gasteiger partial charge in [-0.3, -0.25) is 4.90 Å². The van der Waals surface area contributed by atoms with E-state index in [0.717, 1.165) is 35.4 Å². The van der Waals surface area contributed by atoms with E-state index in [4.69, 9.17) is 23.4 Å². The van der Waals surface area contributed by atoms with E-state index in [0.29, 0.717) is 41.5 Å². The van der Waals surface area contributed by atoms with Crippen molar-refractivity contribution in [1.29, 1.82) is 0 Å². The maximum absolute atomic E-state index is 13.1. The Bertz CT molecular complexity index is 1410. The van der Waals surface area contributed by atoms with Gasteiger partial charge in [0.25, 0.3) is 0 Å². The molecule has 0 atom stereocenters. The molecule has 7 nitrogen and oxygen atoms in total. The summed E-state index contributed by atoms with van der Waals surface area (Å²) in [4.78, 5) is 15.3. The first-order chi connectivity index (χ1) is 17.1. The molecule has 180 valence electrons. The molecule has 0 saturated heterocycles. The van der Waals surface area contributed by atoms with Crippen molar-refractivity contribution in [2.75, 3.05) is 34.6 Å². The lowest BCUT2D eigenvalue weighted by Crippen LogP contribution is -2.33. The van der Waals surface area contributed by atoms with Gasteiger partial charge in [0, 0.05) is 24.0 Å². The number of hydrogen-bond donors (Lipinski definition) is 0. The predicted molar refractivity (Wildman–Crippen MR) is 134 cm³/mol. The summed E-state index contributed by atoms with van der Waals surface area (Å²) in [7, 11) is 4.82. The molecule has 1 aliphatic heterocycles. The van der Waals surface area contributed by atoms with Crippen molar-refractivity contribution in [3.05, 3.63) is 82.2 Å². The highest BCUT2D eigenvalue weighted by molar-refractivity contribution is 5.87. The first-order valence-electron chi connectivity index (χ1n) is 11.4. The summed E-state index contributed by atoms with van der Waals surface area (Å²) in [6.07, 6.45) is 0.872. The molecule has 0 aliphatic carbocycles. The van der Waals surface area contributed by atoms with Gasteiger partial charge in [0.1, 0.15) is 35.3 Å². The van der Waals surface area contributed by atoms with Gasteiger partial charge in [-0.15, -0.1) is 0 Å². The predicted octanol–water partition coefficient (Wildman–Crippen LogP) is 4.88. The molecule has 0 radical (unpaired) electrons. The molecule has 0 saturated carbocycles. The normalized spacial score (nSPS) is 13.2. The van der Waals surface area contributed by atoms with E-state index >= 15 is 0 Å². The number of nitrogens with zero attached hydrogens (tertiary/aromatic N) is 1. The Morgan fingerprint density at radius 2 is 1.63 bits per heavy atom. The van der Waals surface area contributed by atoms with E-state index in [1.54, 1.807) is 39.5 Å². The fraction of sp³-hybridized carbons (Fsp3) is 0.250. The molecular formula is C28H27NO6. The highest BCUT2D eigenvalue weighted by Crippen LogP contribution is 2.36. The van der Waals surface area contributed by atoms with E-state index in [1.165, 1.54) is 5.56 Å². The molecule has 0 N–H and O–H groups in total. The minimum Gasteiger partial charge on any atom is -0.497 e. The Morgan fingerprint density at radius 1 is 0.857 bits per heavy atom. The highest BCUT2D eigenvalue weighted by Gasteiger charge is 2.23. The lowest BCUT2D eigenvalue weighted by atomic mass is 10.0. The molecule has 0 amide bonds. The number of rotatable bonds is 7. The van der Waals surface area contributed by atoms with Gasteiger partial charge in [-0.2, -0.15) is 0 Å². The summed E-state index contributed by atoms with van der Waals surface area (Å²) < 4.78 is 27.9. The number of fused-ring (bicyclic) bond motifs is 3. The van der Waals surface area contributed by atoms with Crippen LogP contribution in [-0.4, -0.2) is 39.5 Å². The van der Waals surface area contributed by atoms with Crippen molar-refractivity contribution in [3.8, 4) is 34.1 Å². The van der Waals surface area contributed by atoms with Crippen LogP contribution in [0.3, 0.4) is 0 Å². The van der Waals surface area contributed by atoms with Crippen LogP contribution in [0, 0.1) is 0 Å². The van der Waals surface area contributed by atoms with Gasteiger partial charge in [0.05, 0.1) is 32.5 Å². The number of ether oxygens (including phenoxy) is 4. The zero-order chi connectivity index (χ0) is 24.4. The molecule has 2 heterocycles. The SMILES string of the molecule is COc1ccc(CCN2COc3ccc4cc(-c5cc(OC)ccc5OC)c(=O)oc4c3C2)cc1. The van der Waals surface area contributed by atoms with Gasteiger partial charge in [-0.05, 0) is 60.5 Å². The van der Waals surface area contributed by atoms with Crippen LogP contribution in [0.25, 0.3) is 22.1 Å². The Labute approximate surface area is 203 Å². The fourth-order valence-corrected chi connectivity index (χ4v) is 4.37. The third kappa shape index (κ3) is 4.55. The Hall–Kier alpha value is -3.97. The van der Waals surface area contributed by atoms with Crippen LogP contribution in [0.2, 0.25) is 0 Å². The smallest absolute Gasteiger partial charge is 0.344 e. The van der Waals surface area contributed by atoms with Crippen LogP contribution in [0.4, 0.5) is 0 Å². The second-order valence-corrected chi connectivity index (χ2v) is 8.40. The van der Waals surface area contributed by atoms with Gasteiger partial charge in [0.15, 0.2) is 0 Å². The minimum absolute atomic E-state index is 0.418. The average molecular weight is 474 g/mol. The summed E-state index contributed by atoms with van der Waals surface area (Å²) in [6, 6.07) is 19.1. The molecule has 7 heteroatoms. The van der Waals surface area contributed by atoms with E-state index < -0.39 is 5.63 Å². The van der Waals surface area contributed by atoms with Crippen LogP contribution in [0.15, 0.2) is 69.9 Å². The standard InChI is InChI=1S/C28H27NO6/c1-31-20-7-4-18(5-8-20)12-13-29-16-24-26(34-17-29)10-6-19-14-23(28(30)35-27(19)24)22-15-21(32-2)9-11-25(22)33-3/h4-11,14-15H,12-13,16-17H2,1-3H3. The van der Waals surface area contributed by atoms with Gasteiger partial charge in [-0.25, -0.2) is 4.79 Å². The van der Waals surface area contributed by atoms with E-state index in [9.17, 15) is 4.79 Å². The van der Waals surface area contributed by atoms with Crippen LogP contribution >= 0.6 is 0 Å². The van der Waals surface area contributed by atoms with Crippen molar-refractivity contribution >= 4 is 11.0 Å². The third-order valence-electron chi connectivity index (χ3n) is 6.32. The zero-order valence-corrected chi connectivity index (χ0v) is 20.0. The molecule has 3 aromatic carbocycles. The summed E-state index contributed by atoms with van der Waals surface area (Å²) in [6.45, 7) is 1.93. The van der Waals surface area contributed by atoms with Gasteiger partial charge in [-0.1, -0.05) is 12.1 Å². The lowest BCUT2D eigenvalue weighted by molar-refractivity contribution is 0.0968. The Balaban J connectivity index is 1.44. The molecule has 35 heavy (non-hydrogen) atoms. The van der Waals surface area contributed by atoms with E-state index in [-0.39, 0.29) is 0 Å². The molecule has 0 unspecified atom stereocenters. The second kappa shape index (κ2) is 9.72. The van der Waals surface area contributed by atoms with Crippen molar-refractivity contribution in [3.63, 3.8) is 0 Å². The van der Waals surface area contributed by atoms with E-state index in [2.05, 4.69) is 17.0 Å². The summed E-state index contributed by atoms with van der Waals surface area (Å²) >= 11 is 0. The van der Waals surface area contributed by atoms with Crippen LogP contribution < -0.4 is 24.6 Å². The quantitative estimate of drug-likeness (QED) is 0.354. The molecular weight excluding hydrogens is 446 g/mol. The molecule has 4 aromatic rings. The molecule has 0 spiro atoms. The van der Waals surface area contributed by atoms with Crippen molar-refractivity contribution in [2.24, 2.45) is 0 Å².